The Bertz CT molecular complexity index is 677. The van der Waals surface area contributed by atoms with Crippen LogP contribution in [0.5, 0.6) is 0 Å². The normalized spacial score (nSPS) is 35.1. The van der Waals surface area contributed by atoms with Gasteiger partial charge in [0.05, 0.1) is 17.2 Å². The molecule has 10 nitrogen and oxygen atoms in total. The summed E-state index contributed by atoms with van der Waals surface area (Å²) in [7, 11) is 0. The number of benzene rings is 1. The van der Waals surface area contributed by atoms with Gasteiger partial charge in [0.1, 0.15) is 24.4 Å². The zero-order valence-corrected chi connectivity index (χ0v) is 13.1. The third-order valence-corrected chi connectivity index (χ3v) is 4.47. The quantitative estimate of drug-likeness (QED) is 0.409. The summed E-state index contributed by atoms with van der Waals surface area (Å²) in [6, 6.07) is 5.75. The van der Waals surface area contributed by atoms with Crippen LogP contribution in [-0.4, -0.2) is 67.9 Å². The Kier molecular flexibility index (Phi) is 4.71. The molecule has 1 saturated heterocycles. The molecule has 0 amide bonds. The molecule has 0 aliphatic carbocycles. The molecule has 25 heavy (non-hydrogen) atoms. The molecule has 1 fully saturated rings. The zero-order chi connectivity index (χ0) is 18.2. The molecule has 136 valence electrons. The van der Waals surface area contributed by atoms with E-state index in [1.807, 2.05) is 0 Å². The van der Waals surface area contributed by atoms with Crippen molar-refractivity contribution in [2.75, 3.05) is 6.61 Å². The van der Waals surface area contributed by atoms with Crippen molar-refractivity contribution >= 4 is 11.4 Å². The van der Waals surface area contributed by atoms with E-state index >= 15 is 0 Å². The molecule has 0 bridgehead atoms. The van der Waals surface area contributed by atoms with Crippen molar-refractivity contribution < 1.29 is 34.9 Å². The van der Waals surface area contributed by atoms with Gasteiger partial charge in [-0.3, -0.25) is 10.1 Å². The summed E-state index contributed by atoms with van der Waals surface area (Å²) in [4.78, 5) is 15.5. The summed E-state index contributed by atoms with van der Waals surface area (Å²) in [5.74, 6) is -1.67. The van der Waals surface area contributed by atoms with Crippen molar-refractivity contribution in [3.05, 3.63) is 39.9 Å². The monoisotopic (exact) mass is 354 g/mol. The van der Waals surface area contributed by atoms with E-state index in [0.717, 1.165) is 0 Å². The summed E-state index contributed by atoms with van der Waals surface area (Å²) in [5, 5.41) is 53.8. The number of hydrogen-bond donors (Lipinski definition) is 4. The molecule has 1 aromatic carbocycles. The number of non-ortho nitro benzene ring substituents is 1. The lowest BCUT2D eigenvalue weighted by Gasteiger charge is -2.47. The number of aliphatic hydroxyl groups excluding tert-OH is 4. The topological polar surface area (TPSA) is 155 Å². The first-order valence-corrected chi connectivity index (χ1v) is 7.71. The smallest absolute Gasteiger partial charge is 0.269 e. The number of nitro groups is 1. The molecule has 0 aromatic heterocycles. The lowest BCUT2D eigenvalue weighted by atomic mass is 9.88. The molecule has 2 aliphatic heterocycles. The van der Waals surface area contributed by atoms with E-state index in [0.29, 0.717) is 17.7 Å². The Morgan fingerprint density at radius 2 is 1.92 bits per heavy atom. The Morgan fingerprint density at radius 3 is 2.44 bits per heavy atom. The minimum absolute atomic E-state index is 0.0496. The van der Waals surface area contributed by atoms with Gasteiger partial charge in [-0.1, -0.05) is 5.16 Å². The summed E-state index contributed by atoms with van der Waals surface area (Å²) >= 11 is 0. The molecule has 3 rings (SSSR count). The first-order chi connectivity index (χ1) is 11.9. The van der Waals surface area contributed by atoms with Crippen LogP contribution in [0.2, 0.25) is 0 Å². The molecule has 2 heterocycles. The van der Waals surface area contributed by atoms with Crippen LogP contribution in [0, 0.1) is 10.1 Å². The van der Waals surface area contributed by atoms with E-state index in [4.69, 9.17) is 9.57 Å². The van der Waals surface area contributed by atoms with Gasteiger partial charge in [0.15, 0.2) is 0 Å². The van der Waals surface area contributed by atoms with Crippen LogP contribution in [0.1, 0.15) is 18.4 Å². The van der Waals surface area contributed by atoms with Gasteiger partial charge < -0.3 is 30.0 Å². The van der Waals surface area contributed by atoms with Gasteiger partial charge in [-0.05, 0) is 17.7 Å². The van der Waals surface area contributed by atoms with E-state index < -0.39 is 41.7 Å². The first kappa shape index (κ1) is 17.7. The molecule has 2 aliphatic rings. The second kappa shape index (κ2) is 6.65. The first-order valence-electron chi connectivity index (χ1n) is 7.71. The Balaban J connectivity index is 1.80. The highest BCUT2D eigenvalue weighted by atomic mass is 16.8. The highest BCUT2D eigenvalue weighted by molar-refractivity contribution is 6.00. The lowest BCUT2D eigenvalue weighted by Crippen LogP contribution is -2.66. The summed E-state index contributed by atoms with van der Waals surface area (Å²) in [6.07, 6.45) is -5.25. The highest BCUT2D eigenvalue weighted by Crippen LogP contribution is 2.38. The number of oxime groups is 1. The van der Waals surface area contributed by atoms with Gasteiger partial charge in [-0.25, -0.2) is 0 Å². The number of hydrogen-bond acceptors (Lipinski definition) is 9. The lowest BCUT2D eigenvalue weighted by molar-refractivity contribution is -0.384. The van der Waals surface area contributed by atoms with E-state index in [-0.39, 0.29) is 12.1 Å². The van der Waals surface area contributed by atoms with Gasteiger partial charge in [0.25, 0.3) is 11.5 Å². The van der Waals surface area contributed by atoms with E-state index in [1.54, 1.807) is 0 Å². The number of nitrogens with zero attached hydrogens (tertiary/aromatic N) is 2. The van der Waals surface area contributed by atoms with Crippen molar-refractivity contribution in [1.82, 2.24) is 0 Å². The van der Waals surface area contributed by atoms with Crippen LogP contribution in [-0.2, 0) is 9.57 Å². The van der Waals surface area contributed by atoms with Crippen LogP contribution in [0.15, 0.2) is 29.4 Å². The SMILES string of the molecule is O=[N+]([O-])c1ccc(C2=NO[C@@]3(CC2)O[C@H](CO)[C@@H](O)[C@H](O)[C@H]3O)cc1. The van der Waals surface area contributed by atoms with E-state index in [2.05, 4.69) is 5.16 Å². The minimum atomic E-state index is -1.67. The Morgan fingerprint density at radius 1 is 1.24 bits per heavy atom. The fourth-order valence-electron chi connectivity index (χ4n) is 2.98. The molecular weight excluding hydrogens is 336 g/mol. The van der Waals surface area contributed by atoms with Gasteiger partial charge in [0, 0.05) is 25.0 Å². The molecule has 0 radical (unpaired) electrons. The largest absolute Gasteiger partial charge is 0.394 e. The average molecular weight is 354 g/mol. The van der Waals surface area contributed by atoms with Crippen molar-refractivity contribution in [2.24, 2.45) is 5.16 Å². The number of ether oxygens (including phenoxy) is 1. The number of aliphatic hydroxyl groups is 4. The van der Waals surface area contributed by atoms with Gasteiger partial charge in [0.2, 0.25) is 0 Å². The van der Waals surface area contributed by atoms with Crippen molar-refractivity contribution in [3.8, 4) is 0 Å². The summed E-state index contributed by atoms with van der Waals surface area (Å²) in [5.41, 5.74) is 1.06. The third-order valence-electron chi connectivity index (χ3n) is 4.47. The number of nitro benzene ring substituents is 1. The Labute approximate surface area is 142 Å². The van der Waals surface area contributed by atoms with E-state index in [1.165, 1.54) is 24.3 Å². The molecule has 1 aromatic rings. The predicted octanol–water partition coefficient (Wildman–Crippen LogP) is -0.721. The highest BCUT2D eigenvalue weighted by Gasteiger charge is 2.56. The fourth-order valence-corrected chi connectivity index (χ4v) is 2.98. The second-order valence-corrected chi connectivity index (χ2v) is 6.01. The van der Waals surface area contributed by atoms with Crippen LogP contribution in [0.25, 0.3) is 0 Å². The molecule has 10 heteroatoms. The number of rotatable bonds is 3. The predicted molar refractivity (Wildman–Crippen MR) is 82.7 cm³/mol. The van der Waals surface area contributed by atoms with Crippen LogP contribution in [0.4, 0.5) is 5.69 Å². The van der Waals surface area contributed by atoms with Crippen LogP contribution in [0.3, 0.4) is 0 Å². The van der Waals surface area contributed by atoms with Gasteiger partial charge in [-0.2, -0.15) is 0 Å². The molecule has 4 N–H and O–H groups in total. The summed E-state index contributed by atoms with van der Waals surface area (Å²) < 4.78 is 5.47. The minimum Gasteiger partial charge on any atom is -0.394 e. The van der Waals surface area contributed by atoms with Gasteiger partial charge in [-0.15, -0.1) is 0 Å². The van der Waals surface area contributed by atoms with Crippen LogP contribution < -0.4 is 0 Å². The zero-order valence-electron chi connectivity index (χ0n) is 13.1. The maximum atomic E-state index is 10.7. The molecule has 0 saturated carbocycles. The molecule has 5 atom stereocenters. The van der Waals surface area contributed by atoms with Crippen molar-refractivity contribution in [2.45, 2.75) is 43.0 Å². The van der Waals surface area contributed by atoms with Gasteiger partial charge >= 0.3 is 0 Å². The average Bonchev–Trinajstić information content (AvgIpc) is 2.64. The summed E-state index contributed by atoms with van der Waals surface area (Å²) in [6.45, 7) is -0.561. The maximum absolute atomic E-state index is 10.7. The second-order valence-electron chi connectivity index (χ2n) is 6.01. The van der Waals surface area contributed by atoms with Crippen molar-refractivity contribution in [1.29, 1.82) is 0 Å². The third kappa shape index (κ3) is 3.10. The molecule has 0 unspecified atom stereocenters. The standard InChI is InChI=1S/C15H18N2O8/c18-7-11-12(19)13(20)14(21)15(24-11)6-5-10(16-25-15)8-1-3-9(4-2-8)17(22)23/h1-4,11-14,18-21H,5-7H2/t11-,12-,13+,14-,15-/m1/s1. The maximum Gasteiger partial charge on any atom is 0.269 e. The Hall–Kier alpha value is -2.11. The fraction of sp³-hybridized carbons (Fsp3) is 0.533. The molecular formula is C15H18N2O8. The molecule has 1 spiro atoms. The van der Waals surface area contributed by atoms with E-state index in [9.17, 15) is 30.5 Å². The van der Waals surface area contributed by atoms with Crippen molar-refractivity contribution in [3.63, 3.8) is 0 Å². The van der Waals surface area contributed by atoms with Crippen LogP contribution >= 0.6 is 0 Å².